The van der Waals surface area contributed by atoms with Crippen LogP contribution in [0.15, 0.2) is 73.3 Å². The van der Waals surface area contributed by atoms with Crippen LogP contribution in [0.3, 0.4) is 0 Å². The van der Waals surface area contributed by atoms with Gasteiger partial charge in [-0.15, -0.1) is 0 Å². The molecule has 6 rings (SSSR count). The number of nitrogens with one attached hydrogen (secondary N) is 1. The number of rotatable bonds is 4. The smallest absolute Gasteiger partial charge is 0.149 e. The maximum absolute atomic E-state index is 14.4. The Labute approximate surface area is 196 Å². The van der Waals surface area contributed by atoms with Gasteiger partial charge in [0.1, 0.15) is 29.2 Å². The molecule has 5 aromatic rings. The Morgan fingerprint density at radius 2 is 2.06 bits per heavy atom. The fraction of sp³-hybridized carbons (Fsp3) is 0.222. The summed E-state index contributed by atoms with van der Waals surface area (Å²) >= 11 is 0. The van der Waals surface area contributed by atoms with Gasteiger partial charge in [0.25, 0.3) is 0 Å². The average molecular weight is 454 g/mol. The van der Waals surface area contributed by atoms with Gasteiger partial charge in [-0.1, -0.05) is 18.2 Å². The number of hydrogen-bond acceptors (Lipinski definition) is 5. The molecule has 0 aliphatic carbocycles. The van der Waals surface area contributed by atoms with Gasteiger partial charge in [-0.2, -0.15) is 0 Å². The second kappa shape index (κ2) is 8.50. The van der Waals surface area contributed by atoms with Crippen molar-refractivity contribution >= 4 is 16.6 Å². The van der Waals surface area contributed by atoms with E-state index in [2.05, 4.69) is 34.3 Å². The van der Waals surface area contributed by atoms with Crippen molar-refractivity contribution in [3.63, 3.8) is 0 Å². The van der Waals surface area contributed by atoms with Crippen molar-refractivity contribution in [3.05, 3.63) is 78.9 Å². The number of pyridine rings is 3. The summed E-state index contributed by atoms with van der Waals surface area (Å²) < 4.78 is 22.5. The molecule has 0 spiro atoms. The Bertz CT molecular complexity index is 1500. The SMILES string of the molecule is Cc1ccncc1-c1ccn2c(-c3ccc4cccc(O[C@@H]5CCNC[C@H]5F)c4n3)cnc2c1. The van der Waals surface area contributed by atoms with Gasteiger partial charge in [0.05, 0.1) is 17.6 Å². The highest BCUT2D eigenvalue weighted by atomic mass is 19.1. The number of imidazole rings is 1. The largest absolute Gasteiger partial charge is 0.485 e. The van der Waals surface area contributed by atoms with Gasteiger partial charge in [0.15, 0.2) is 0 Å². The second-order valence-corrected chi connectivity index (χ2v) is 8.67. The summed E-state index contributed by atoms with van der Waals surface area (Å²) in [4.78, 5) is 13.8. The van der Waals surface area contributed by atoms with Crippen LogP contribution in [0, 0.1) is 6.92 Å². The lowest BCUT2D eigenvalue weighted by atomic mass is 10.0. The van der Waals surface area contributed by atoms with Crippen LogP contribution < -0.4 is 10.1 Å². The van der Waals surface area contributed by atoms with E-state index in [9.17, 15) is 4.39 Å². The third-order valence-corrected chi connectivity index (χ3v) is 6.44. The molecule has 5 heterocycles. The molecule has 170 valence electrons. The lowest BCUT2D eigenvalue weighted by Gasteiger charge is -2.27. The molecule has 0 radical (unpaired) electrons. The van der Waals surface area contributed by atoms with Gasteiger partial charge in [0, 0.05) is 36.1 Å². The molecule has 1 saturated heterocycles. The van der Waals surface area contributed by atoms with Crippen LogP contribution in [-0.4, -0.2) is 44.7 Å². The monoisotopic (exact) mass is 453 g/mol. The van der Waals surface area contributed by atoms with Crippen molar-refractivity contribution in [1.82, 2.24) is 24.7 Å². The lowest BCUT2D eigenvalue weighted by Crippen LogP contribution is -2.44. The molecule has 0 amide bonds. The molecule has 1 N–H and O–H groups in total. The van der Waals surface area contributed by atoms with Crippen LogP contribution in [0.4, 0.5) is 4.39 Å². The molecule has 0 bridgehead atoms. The molecule has 34 heavy (non-hydrogen) atoms. The third-order valence-electron chi connectivity index (χ3n) is 6.44. The minimum absolute atomic E-state index is 0.316. The van der Waals surface area contributed by atoms with Crippen molar-refractivity contribution in [2.45, 2.75) is 25.6 Å². The molecular formula is C27H24FN5O. The Morgan fingerprint density at radius 3 is 2.94 bits per heavy atom. The molecule has 1 aliphatic heterocycles. The maximum atomic E-state index is 14.4. The predicted octanol–water partition coefficient (Wildman–Crippen LogP) is 5.00. The molecule has 2 atom stereocenters. The van der Waals surface area contributed by atoms with E-state index in [1.54, 1.807) is 6.20 Å². The van der Waals surface area contributed by atoms with Crippen molar-refractivity contribution in [2.75, 3.05) is 13.1 Å². The first-order valence-electron chi connectivity index (χ1n) is 11.5. The van der Waals surface area contributed by atoms with Crippen LogP contribution in [0.5, 0.6) is 5.75 Å². The zero-order valence-corrected chi connectivity index (χ0v) is 18.8. The average Bonchev–Trinajstić information content (AvgIpc) is 3.29. The van der Waals surface area contributed by atoms with Crippen molar-refractivity contribution in [2.24, 2.45) is 0 Å². The quantitative estimate of drug-likeness (QED) is 0.415. The topological polar surface area (TPSA) is 64.3 Å². The summed E-state index contributed by atoms with van der Waals surface area (Å²) in [5, 5.41) is 4.02. The van der Waals surface area contributed by atoms with Gasteiger partial charge in [-0.25, -0.2) is 14.4 Å². The standard InChI is InChI=1S/C27H24FN5O/c1-17-7-10-29-14-20(17)19-9-12-33-23(16-31-26(33)13-19)22-6-5-18-3-2-4-25(27(18)32-22)34-24-8-11-30-15-21(24)28/h2-7,9-10,12-14,16,21,24,30H,8,11,15H2,1H3/t21-,24-/m1/s1. The van der Waals surface area contributed by atoms with Crippen LogP contribution >= 0.6 is 0 Å². The van der Waals surface area contributed by atoms with Crippen LogP contribution in [0.1, 0.15) is 12.0 Å². The Balaban J connectivity index is 1.39. The van der Waals surface area contributed by atoms with Crippen molar-refractivity contribution < 1.29 is 9.13 Å². The number of ether oxygens (including phenoxy) is 1. The van der Waals surface area contributed by atoms with Crippen molar-refractivity contribution in [1.29, 1.82) is 0 Å². The first kappa shape index (κ1) is 20.7. The summed E-state index contributed by atoms with van der Waals surface area (Å²) in [6, 6.07) is 15.9. The van der Waals surface area contributed by atoms with Gasteiger partial charge in [-0.05, 0) is 61.3 Å². The minimum atomic E-state index is -1.04. The number of hydrogen-bond donors (Lipinski definition) is 1. The number of aryl methyl sites for hydroxylation is 1. The van der Waals surface area contributed by atoms with E-state index >= 15 is 0 Å². The number of fused-ring (bicyclic) bond motifs is 2. The Kier molecular flexibility index (Phi) is 5.19. The van der Waals surface area contributed by atoms with Gasteiger partial charge >= 0.3 is 0 Å². The molecular weight excluding hydrogens is 429 g/mol. The maximum Gasteiger partial charge on any atom is 0.149 e. The molecule has 4 aromatic heterocycles. The van der Waals surface area contributed by atoms with Crippen LogP contribution in [0.25, 0.3) is 39.1 Å². The van der Waals surface area contributed by atoms with E-state index in [0.717, 1.165) is 45.6 Å². The normalized spacial score (nSPS) is 18.4. The van der Waals surface area contributed by atoms with E-state index in [1.165, 1.54) is 5.56 Å². The first-order chi connectivity index (χ1) is 16.7. The van der Waals surface area contributed by atoms with Crippen molar-refractivity contribution in [3.8, 4) is 28.3 Å². The summed E-state index contributed by atoms with van der Waals surface area (Å²) in [5.41, 5.74) is 6.54. The molecule has 1 fully saturated rings. The van der Waals surface area contributed by atoms with Crippen LogP contribution in [0.2, 0.25) is 0 Å². The number of alkyl halides is 1. The summed E-state index contributed by atoms with van der Waals surface area (Å²) in [6.45, 7) is 3.14. The highest BCUT2D eigenvalue weighted by Crippen LogP contribution is 2.31. The first-order valence-corrected chi connectivity index (χ1v) is 11.5. The number of aromatic nitrogens is 4. The fourth-order valence-electron chi connectivity index (χ4n) is 4.55. The Hall–Kier alpha value is -3.84. The number of benzene rings is 1. The third kappa shape index (κ3) is 3.68. The fourth-order valence-corrected chi connectivity index (χ4v) is 4.55. The zero-order chi connectivity index (χ0) is 23.1. The summed E-state index contributed by atoms with van der Waals surface area (Å²) in [6.07, 6.45) is 6.64. The lowest BCUT2D eigenvalue weighted by molar-refractivity contribution is 0.0743. The zero-order valence-electron chi connectivity index (χ0n) is 18.8. The minimum Gasteiger partial charge on any atom is -0.485 e. The number of para-hydroxylation sites is 1. The molecule has 1 aliphatic rings. The van der Waals surface area contributed by atoms with E-state index < -0.39 is 12.3 Å². The highest BCUT2D eigenvalue weighted by molar-refractivity contribution is 5.86. The van der Waals surface area contributed by atoms with E-state index in [0.29, 0.717) is 18.7 Å². The van der Waals surface area contributed by atoms with Gasteiger partial charge < -0.3 is 10.1 Å². The highest BCUT2D eigenvalue weighted by Gasteiger charge is 2.27. The van der Waals surface area contributed by atoms with Crippen LogP contribution in [-0.2, 0) is 0 Å². The number of halogens is 1. The molecule has 6 nitrogen and oxygen atoms in total. The summed E-state index contributed by atoms with van der Waals surface area (Å²) in [5.74, 6) is 0.608. The molecule has 7 heteroatoms. The molecule has 0 saturated carbocycles. The van der Waals surface area contributed by atoms with E-state index in [4.69, 9.17) is 9.72 Å². The number of nitrogens with zero attached hydrogens (tertiary/aromatic N) is 4. The predicted molar refractivity (Wildman–Crippen MR) is 131 cm³/mol. The second-order valence-electron chi connectivity index (χ2n) is 8.67. The molecule has 1 aromatic carbocycles. The number of piperidine rings is 1. The molecule has 0 unspecified atom stereocenters. The van der Waals surface area contributed by atoms with Gasteiger partial charge in [-0.3, -0.25) is 9.38 Å². The summed E-state index contributed by atoms with van der Waals surface area (Å²) in [7, 11) is 0. The van der Waals surface area contributed by atoms with E-state index in [-0.39, 0.29) is 0 Å². The van der Waals surface area contributed by atoms with E-state index in [1.807, 2.05) is 59.4 Å². The van der Waals surface area contributed by atoms with Gasteiger partial charge in [0.2, 0.25) is 0 Å². The Morgan fingerprint density at radius 1 is 1.12 bits per heavy atom.